The molecule has 0 aliphatic carbocycles. The van der Waals surface area contributed by atoms with Gasteiger partial charge in [0.25, 0.3) is 0 Å². The fourth-order valence-electron chi connectivity index (χ4n) is 15.9. The lowest BCUT2D eigenvalue weighted by molar-refractivity contribution is -0.277. The van der Waals surface area contributed by atoms with Crippen molar-refractivity contribution in [3.05, 3.63) is 164 Å². The van der Waals surface area contributed by atoms with E-state index in [0.717, 1.165) is 92.8 Å². The minimum absolute atomic E-state index is 0.0760. The number of phenolic OH excluding ortho intramolecular Hbond substituents is 4. The molecule has 7 aromatic carbocycles. The summed E-state index contributed by atoms with van der Waals surface area (Å²) in [4.78, 5) is 127. The molecule has 0 spiro atoms. The van der Waals surface area contributed by atoms with Crippen LogP contribution in [0.4, 0.5) is 0 Å². The number of carbonyl (C=O) groups is 8. The fraction of sp³-hybridized carbons (Fsp3) is 0.432. The molecular formula is C88H102Cl2N10O27. The molecule has 17 bridgehead atoms. The van der Waals surface area contributed by atoms with Gasteiger partial charge in [0.15, 0.2) is 23.0 Å². The van der Waals surface area contributed by atoms with E-state index in [0.29, 0.717) is 37.3 Å². The lowest BCUT2D eigenvalue weighted by atomic mass is 9.89. The highest BCUT2D eigenvalue weighted by molar-refractivity contribution is 6.33. The first kappa shape index (κ1) is 93.2. The van der Waals surface area contributed by atoms with Gasteiger partial charge in [-0.05, 0) is 153 Å². The van der Waals surface area contributed by atoms with E-state index in [1.165, 1.54) is 61.6 Å². The summed E-state index contributed by atoms with van der Waals surface area (Å²) < 4.78 is 44.9. The van der Waals surface area contributed by atoms with Gasteiger partial charge < -0.3 is 147 Å². The van der Waals surface area contributed by atoms with Gasteiger partial charge in [0.2, 0.25) is 65.6 Å². The highest BCUT2D eigenvalue weighted by Gasteiger charge is 2.50. The summed E-state index contributed by atoms with van der Waals surface area (Å²) in [5.74, 6) is -14.9. The van der Waals surface area contributed by atoms with Gasteiger partial charge in [-0.3, -0.25) is 38.4 Å². The van der Waals surface area contributed by atoms with Gasteiger partial charge >= 0.3 is 0 Å². The van der Waals surface area contributed by atoms with E-state index < -0.39 is 254 Å². The Morgan fingerprint density at radius 1 is 0.543 bits per heavy atom. The molecule has 0 aromatic heterocycles. The van der Waals surface area contributed by atoms with Crippen molar-refractivity contribution in [2.24, 2.45) is 5.92 Å². The molecule has 8 aliphatic heterocycles. The minimum atomic E-state index is -2.40. The SMILES string of the molecule is CN[C@@H]1C(=O)N[C@@H]2Cc3ccc(cc3)Oc3cc4cc(c3O[C@@H]3O[C@H](CO)[C@@H](O)[C@H](O)[C@H]3NC(=O)CCCCCCCCC(C)C)Oc3ccc(cc3Cl)[C@@H](O)[C@@H]3NC(=O)[C@H](NC(=O)[C@@H]4NC(=O)[C@@H](NC2=O)c2cc(cc(O)c2Cl)Oc2cc1ccc2O)c1ccc(O)c(c1)-c1c(O[C@H]2O[C@H](CO)[C@@H](O)[C@H](O)[C@@H]2O)cc(O)cc1[C@@H](C(=O)NCCCN(C)C)NC3=O. The predicted octanol–water partition coefficient (Wildman–Crippen LogP) is 4.08. The smallest absolute Gasteiger partial charge is 0.248 e. The number of benzene rings is 7. The van der Waals surface area contributed by atoms with Crippen LogP contribution < -0.4 is 71.5 Å². The van der Waals surface area contributed by atoms with Gasteiger partial charge in [-0.2, -0.15) is 0 Å². The number of aliphatic hydroxyl groups is 8. The summed E-state index contributed by atoms with van der Waals surface area (Å²) in [6.07, 6.45) is -13.8. The first-order valence-corrected chi connectivity index (χ1v) is 42.3. The molecule has 0 radical (unpaired) electrons. The largest absolute Gasteiger partial charge is 0.508 e. The summed E-state index contributed by atoms with van der Waals surface area (Å²) in [5, 5.41) is 162. The van der Waals surface area contributed by atoms with Gasteiger partial charge in [0.1, 0.15) is 137 Å². The maximum absolute atomic E-state index is 16.8. The van der Waals surface area contributed by atoms with Crippen molar-refractivity contribution in [2.75, 3.05) is 47.4 Å². The average Bonchev–Trinajstić information content (AvgIpc) is 0.759. The van der Waals surface area contributed by atoms with Crippen LogP contribution in [-0.2, 0) is 54.3 Å². The number of nitrogens with zero attached hydrogens (tertiary/aromatic N) is 1. The highest BCUT2D eigenvalue weighted by Crippen LogP contribution is 2.51. The number of fused-ring (bicyclic) bond motifs is 14. The number of halogens is 2. The molecule has 0 saturated carbocycles. The second kappa shape index (κ2) is 40.7. The van der Waals surface area contributed by atoms with Crippen LogP contribution in [0.25, 0.3) is 11.1 Å². The Morgan fingerprint density at radius 2 is 1.17 bits per heavy atom. The van der Waals surface area contributed by atoms with E-state index >= 15 is 28.8 Å². The molecule has 37 nitrogen and oxygen atoms in total. The fourth-order valence-corrected chi connectivity index (χ4v) is 16.4. The molecular weight excluding hydrogens is 1700 g/mol. The first-order valence-electron chi connectivity index (χ1n) is 41.5. The van der Waals surface area contributed by atoms with Crippen molar-refractivity contribution in [1.82, 2.24) is 52.8 Å². The molecule has 680 valence electrons. The van der Waals surface area contributed by atoms with E-state index in [4.69, 9.17) is 56.4 Å². The average molecular weight is 1800 g/mol. The van der Waals surface area contributed by atoms with Crippen molar-refractivity contribution in [2.45, 2.75) is 188 Å². The zero-order chi connectivity index (χ0) is 91.1. The van der Waals surface area contributed by atoms with Gasteiger partial charge in [0.05, 0.1) is 23.3 Å². The van der Waals surface area contributed by atoms with Crippen LogP contribution in [-0.4, -0.2) is 234 Å². The summed E-state index contributed by atoms with van der Waals surface area (Å²) in [7, 11) is 4.98. The third kappa shape index (κ3) is 21.2. The van der Waals surface area contributed by atoms with E-state index in [1.54, 1.807) is 14.1 Å². The van der Waals surface area contributed by atoms with Crippen molar-refractivity contribution in [3.8, 4) is 80.1 Å². The van der Waals surface area contributed by atoms with Crippen LogP contribution in [0.15, 0.2) is 115 Å². The molecule has 8 aliphatic rings. The molecule has 0 unspecified atom stereocenters. The lowest BCUT2D eigenvalue weighted by Gasteiger charge is -2.42. The van der Waals surface area contributed by atoms with Gasteiger partial charge in [-0.1, -0.05) is 106 Å². The van der Waals surface area contributed by atoms with Gasteiger partial charge in [-0.25, -0.2) is 0 Å². The molecule has 8 amide bonds. The molecule has 7 aromatic rings. The summed E-state index contributed by atoms with van der Waals surface area (Å²) in [5.41, 5.74) is -2.44. The molecule has 21 N–H and O–H groups in total. The monoisotopic (exact) mass is 1800 g/mol. The maximum atomic E-state index is 16.8. The number of ether oxygens (including phenoxy) is 7. The van der Waals surface area contributed by atoms with Crippen LogP contribution in [0.5, 0.6) is 69.0 Å². The number of phenols is 4. The summed E-state index contributed by atoms with van der Waals surface area (Å²) in [6.45, 7) is 2.73. The number of hydrogen-bond acceptors (Lipinski definition) is 29. The van der Waals surface area contributed by atoms with Crippen molar-refractivity contribution >= 4 is 70.5 Å². The number of amides is 8. The Kier molecular flexibility index (Phi) is 29.9. The van der Waals surface area contributed by atoms with E-state index in [1.807, 2.05) is 4.90 Å². The zero-order valence-electron chi connectivity index (χ0n) is 69.5. The second-order valence-corrected chi connectivity index (χ2v) is 33.4. The number of aromatic hydroxyl groups is 4. The Balaban J connectivity index is 1.04. The normalized spacial score (nSPS) is 26.0. The Morgan fingerprint density at radius 3 is 1.86 bits per heavy atom. The third-order valence-electron chi connectivity index (χ3n) is 22.8. The predicted molar refractivity (Wildman–Crippen MR) is 452 cm³/mol. The highest BCUT2D eigenvalue weighted by atomic mass is 35.5. The summed E-state index contributed by atoms with van der Waals surface area (Å²) >= 11 is 14.3. The van der Waals surface area contributed by atoms with Crippen LogP contribution in [0.3, 0.4) is 0 Å². The van der Waals surface area contributed by atoms with Crippen molar-refractivity contribution in [3.63, 3.8) is 0 Å². The van der Waals surface area contributed by atoms with E-state index in [-0.39, 0.29) is 59.1 Å². The van der Waals surface area contributed by atoms with E-state index in [2.05, 4.69) is 61.7 Å². The number of rotatable bonds is 22. The molecule has 8 heterocycles. The zero-order valence-corrected chi connectivity index (χ0v) is 71.0. The number of likely N-dealkylation sites (N-methyl/N-ethyl adjacent to an activating group) is 1. The van der Waals surface area contributed by atoms with Gasteiger partial charge in [-0.15, -0.1) is 0 Å². The maximum Gasteiger partial charge on any atom is 0.248 e. The van der Waals surface area contributed by atoms with Crippen LogP contribution in [0.2, 0.25) is 10.0 Å². The van der Waals surface area contributed by atoms with Crippen molar-refractivity contribution < 1.29 is 133 Å². The lowest BCUT2D eigenvalue weighted by Crippen LogP contribution is -2.65. The van der Waals surface area contributed by atoms with Gasteiger partial charge in [0, 0.05) is 48.2 Å². The molecule has 39 heteroatoms. The number of hydrogen-bond donors (Lipinski definition) is 21. The molecule has 127 heavy (non-hydrogen) atoms. The van der Waals surface area contributed by atoms with Crippen LogP contribution >= 0.6 is 23.2 Å². The Labute approximate surface area is 737 Å². The standard InChI is InChI=1S/C88H102Cl2N10O27/c1-39(2)13-10-8-6-7-9-11-14-63(107)94-72-76(111)74(109)61(37-101)125-87(72)127-79-59-31-44-32-60(79)123-56-24-19-43(29-51(56)89)73(108)71-86(120)98-69(81(115)92-25-12-26-100(4)5)49-33-45(103)34-58(124-88-78(113)77(112)75(110)62(38-102)126-88)64(49)48-28-41(17-22-53(48)104)67(83(117)99-71)95-84(118)68(44)96-85(119)70-50-35-47(36-55(106)65(50)90)122-57-30-42(18-23-54(57)105)66(91-3)82(116)93-52(80(114)97-70)27-40-15-20-46(121-59)21-16-40/h15-24,28-36,39,52,61-62,66-78,87-88,91,101-106,108-113H,6-14,25-27,37-38H2,1-5H3,(H,92,115)(H,93,116)(H,94,107)(H,95,118)(H,96,119)(H,97,114)(H,98,120)(H,99,117)/t52-,61-,62-,66+,67-,68-,69+,70+,71+,72-,73-,74-,75-,76-,77+,78+,87+,88+/m1/s1. The third-order valence-corrected chi connectivity index (χ3v) is 23.5. The van der Waals surface area contributed by atoms with Crippen molar-refractivity contribution in [1.29, 1.82) is 0 Å². The van der Waals surface area contributed by atoms with Crippen LogP contribution in [0, 0.1) is 5.92 Å². The van der Waals surface area contributed by atoms with Crippen LogP contribution in [0.1, 0.15) is 147 Å². The number of carbonyl (C=O) groups excluding carboxylic acids is 8. The number of nitrogens with one attached hydrogen (secondary N) is 9. The molecule has 18 atom stereocenters. The Bertz CT molecular complexity index is 5240. The second-order valence-electron chi connectivity index (χ2n) is 32.7. The quantitative estimate of drug-likeness (QED) is 0.0425. The molecule has 2 fully saturated rings. The van der Waals surface area contributed by atoms with E-state index in [9.17, 15) is 70.9 Å². The Hall–Kier alpha value is -11.4. The molecule has 2 saturated heterocycles. The number of unbranched alkanes of at least 4 members (excludes halogenated alkanes) is 5. The number of aliphatic hydroxyl groups excluding tert-OH is 8. The minimum Gasteiger partial charge on any atom is -0.508 e. The first-order chi connectivity index (χ1) is 60.7. The topological polar surface area (TPSA) is 555 Å². The molecule has 15 rings (SSSR count). The summed E-state index contributed by atoms with van der Waals surface area (Å²) in [6, 6.07) is 6.60.